The molecule has 1 saturated carbocycles. The monoisotopic (exact) mass is 250 g/mol. The number of nitrogens with zero attached hydrogens (tertiary/aromatic N) is 1. The number of hydrogen-bond donors (Lipinski definition) is 1. The normalized spacial score (nSPS) is 26.7. The maximum atomic E-state index is 5.93. The number of pyridine rings is 1. The van der Waals surface area contributed by atoms with E-state index in [1.54, 1.807) is 6.20 Å². The minimum atomic E-state index is 0.226. The Balaban J connectivity index is 1.63. The van der Waals surface area contributed by atoms with E-state index < -0.39 is 0 Å². The molecule has 1 aromatic heterocycles. The largest absolute Gasteiger partial charge is 0.397 e. The highest BCUT2D eigenvalue weighted by molar-refractivity contribution is 7.99. The van der Waals surface area contributed by atoms with Crippen LogP contribution >= 0.6 is 11.8 Å². The number of ether oxygens (including phenoxy) is 1. The van der Waals surface area contributed by atoms with Crippen LogP contribution in [0, 0.1) is 0 Å². The van der Waals surface area contributed by atoms with Gasteiger partial charge in [-0.3, -0.25) is 0 Å². The summed E-state index contributed by atoms with van der Waals surface area (Å²) in [4.78, 5) is 4.36. The van der Waals surface area contributed by atoms with E-state index in [9.17, 15) is 0 Å². The number of rotatable bonds is 2. The van der Waals surface area contributed by atoms with Crippen molar-refractivity contribution < 1.29 is 4.74 Å². The molecule has 1 spiro atoms. The molecule has 0 aromatic carbocycles. The minimum absolute atomic E-state index is 0.226. The summed E-state index contributed by atoms with van der Waals surface area (Å²) in [6, 6.07) is 3.94. The second-order valence-corrected chi connectivity index (χ2v) is 6.37. The maximum absolute atomic E-state index is 5.93. The number of hydrogen-bond acceptors (Lipinski definition) is 4. The van der Waals surface area contributed by atoms with Crippen molar-refractivity contribution in [3.8, 4) is 0 Å². The van der Waals surface area contributed by atoms with Crippen molar-refractivity contribution in [2.45, 2.75) is 48.0 Å². The topological polar surface area (TPSA) is 48.1 Å². The molecule has 1 unspecified atom stereocenters. The van der Waals surface area contributed by atoms with E-state index in [2.05, 4.69) is 4.98 Å². The summed E-state index contributed by atoms with van der Waals surface area (Å²) < 4.78 is 5.93. The number of aromatic nitrogens is 1. The molecule has 2 fully saturated rings. The quantitative estimate of drug-likeness (QED) is 0.876. The summed E-state index contributed by atoms with van der Waals surface area (Å²) in [6.45, 7) is 0.909. The van der Waals surface area contributed by atoms with E-state index in [4.69, 9.17) is 10.5 Å². The Hall–Kier alpha value is -0.740. The summed E-state index contributed by atoms with van der Waals surface area (Å²) in [5, 5.41) is 1.74. The Labute approximate surface area is 106 Å². The number of nitrogen functional groups attached to an aromatic ring is 1. The zero-order chi connectivity index (χ0) is 11.7. The van der Waals surface area contributed by atoms with Crippen LogP contribution in [0.4, 0.5) is 5.69 Å². The average molecular weight is 250 g/mol. The maximum Gasteiger partial charge on any atom is 0.0964 e. The van der Waals surface area contributed by atoms with Gasteiger partial charge in [-0.2, -0.15) is 0 Å². The predicted molar refractivity (Wildman–Crippen MR) is 70.1 cm³/mol. The van der Waals surface area contributed by atoms with Gasteiger partial charge in [-0.1, -0.05) is 0 Å². The van der Waals surface area contributed by atoms with E-state index in [-0.39, 0.29) is 5.60 Å². The van der Waals surface area contributed by atoms with Gasteiger partial charge in [0.25, 0.3) is 0 Å². The van der Waals surface area contributed by atoms with E-state index >= 15 is 0 Å². The van der Waals surface area contributed by atoms with Gasteiger partial charge in [0.15, 0.2) is 0 Å². The SMILES string of the molecule is Nc1ccc(SC2CCOC3(CCC3)C2)nc1. The third kappa shape index (κ3) is 2.43. The smallest absolute Gasteiger partial charge is 0.0964 e. The van der Waals surface area contributed by atoms with Gasteiger partial charge in [0.05, 0.1) is 22.5 Å². The van der Waals surface area contributed by atoms with Gasteiger partial charge in [0.1, 0.15) is 0 Å². The van der Waals surface area contributed by atoms with Crippen LogP contribution in [0.25, 0.3) is 0 Å². The van der Waals surface area contributed by atoms with Crippen LogP contribution in [0.2, 0.25) is 0 Å². The molecule has 4 heteroatoms. The average Bonchev–Trinajstić information content (AvgIpc) is 2.31. The molecule has 0 bridgehead atoms. The predicted octanol–water partition coefficient (Wildman–Crippen LogP) is 2.86. The summed E-state index contributed by atoms with van der Waals surface area (Å²) in [6.07, 6.45) is 7.89. The van der Waals surface area contributed by atoms with Gasteiger partial charge >= 0.3 is 0 Å². The summed E-state index contributed by atoms with van der Waals surface area (Å²) >= 11 is 1.88. The molecule has 2 heterocycles. The zero-order valence-electron chi connectivity index (χ0n) is 9.89. The fraction of sp³-hybridized carbons (Fsp3) is 0.615. The van der Waals surface area contributed by atoms with Gasteiger partial charge in [-0.25, -0.2) is 4.98 Å². The molecule has 0 amide bonds. The zero-order valence-corrected chi connectivity index (χ0v) is 10.7. The highest BCUT2D eigenvalue weighted by Crippen LogP contribution is 2.45. The number of nitrogens with two attached hydrogens (primary N) is 1. The van der Waals surface area contributed by atoms with Crippen molar-refractivity contribution in [3.05, 3.63) is 18.3 Å². The van der Waals surface area contributed by atoms with Crippen molar-refractivity contribution >= 4 is 17.4 Å². The number of thioether (sulfide) groups is 1. The molecular weight excluding hydrogens is 232 g/mol. The van der Waals surface area contributed by atoms with Crippen LogP contribution in [0.1, 0.15) is 32.1 Å². The molecule has 1 saturated heterocycles. The molecule has 1 aromatic rings. The second-order valence-electron chi connectivity index (χ2n) is 5.05. The summed E-state index contributed by atoms with van der Waals surface area (Å²) in [7, 11) is 0. The molecule has 1 aliphatic heterocycles. The Morgan fingerprint density at radius 1 is 1.41 bits per heavy atom. The molecule has 2 aliphatic rings. The molecule has 92 valence electrons. The molecular formula is C13H18N2OS. The van der Waals surface area contributed by atoms with E-state index in [1.165, 1.54) is 25.7 Å². The Kier molecular flexibility index (Phi) is 3.01. The van der Waals surface area contributed by atoms with Crippen LogP contribution in [0.5, 0.6) is 0 Å². The number of anilines is 1. The molecule has 17 heavy (non-hydrogen) atoms. The van der Waals surface area contributed by atoms with Crippen molar-refractivity contribution in [1.82, 2.24) is 4.98 Å². The van der Waals surface area contributed by atoms with Crippen LogP contribution in [0.3, 0.4) is 0 Å². The standard InChI is InChI=1S/C13H18N2OS/c14-10-2-3-12(15-9-10)17-11-4-7-16-13(8-11)5-1-6-13/h2-3,9,11H,1,4-8,14H2. The molecule has 1 atom stereocenters. The Bertz CT molecular complexity index is 389. The fourth-order valence-corrected chi connectivity index (χ4v) is 3.84. The molecule has 0 radical (unpaired) electrons. The first-order chi connectivity index (χ1) is 8.26. The van der Waals surface area contributed by atoms with Crippen molar-refractivity contribution in [2.75, 3.05) is 12.3 Å². The van der Waals surface area contributed by atoms with Gasteiger partial charge < -0.3 is 10.5 Å². The highest BCUT2D eigenvalue weighted by atomic mass is 32.2. The van der Waals surface area contributed by atoms with Crippen LogP contribution in [0.15, 0.2) is 23.4 Å². The van der Waals surface area contributed by atoms with Gasteiger partial charge in [0, 0.05) is 11.9 Å². The van der Waals surface area contributed by atoms with Crippen LogP contribution in [-0.4, -0.2) is 22.4 Å². The summed E-state index contributed by atoms with van der Waals surface area (Å²) in [5.41, 5.74) is 6.60. The lowest BCUT2D eigenvalue weighted by molar-refractivity contribution is -0.125. The lowest BCUT2D eigenvalue weighted by atomic mass is 9.75. The summed E-state index contributed by atoms with van der Waals surface area (Å²) in [5.74, 6) is 0. The third-order valence-corrected chi connectivity index (χ3v) is 4.98. The van der Waals surface area contributed by atoms with Crippen LogP contribution < -0.4 is 5.73 Å². The Morgan fingerprint density at radius 2 is 2.29 bits per heavy atom. The highest BCUT2D eigenvalue weighted by Gasteiger charge is 2.42. The van der Waals surface area contributed by atoms with Gasteiger partial charge in [-0.15, -0.1) is 11.8 Å². The molecule has 2 N–H and O–H groups in total. The van der Waals surface area contributed by atoms with E-state index in [0.29, 0.717) is 5.25 Å². The third-order valence-electron chi connectivity index (χ3n) is 3.76. The van der Waals surface area contributed by atoms with Gasteiger partial charge in [-0.05, 0) is 44.2 Å². The second kappa shape index (κ2) is 4.50. The lowest BCUT2D eigenvalue weighted by Gasteiger charge is -2.47. The van der Waals surface area contributed by atoms with Crippen molar-refractivity contribution in [1.29, 1.82) is 0 Å². The van der Waals surface area contributed by atoms with Crippen molar-refractivity contribution in [3.63, 3.8) is 0 Å². The molecule has 3 rings (SSSR count). The van der Waals surface area contributed by atoms with Crippen LogP contribution in [-0.2, 0) is 4.74 Å². The molecule has 1 aliphatic carbocycles. The lowest BCUT2D eigenvalue weighted by Crippen LogP contribution is -2.46. The van der Waals surface area contributed by atoms with Gasteiger partial charge in [0.2, 0.25) is 0 Å². The van der Waals surface area contributed by atoms with Crippen molar-refractivity contribution in [2.24, 2.45) is 0 Å². The first-order valence-electron chi connectivity index (χ1n) is 6.28. The molecule has 3 nitrogen and oxygen atoms in total. The first kappa shape index (κ1) is 11.4. The minimum Gasteiger partial charge on any atom is -0.397 e. The van der Waals surface area contributed by atoms with E-state index in [1.807, 2.05) is 23.9 Å². The van der Waals surface area contributed by atoms with E-state index in [0.717, 1.165) is 23.7 Å². The Morgan fingerprint density at radius 3 is 2.94 bits per heavy atom. The fourth-order valence-electron chi connectivity index (χ4n) is 2.64. The first-order valence-corrected chi connectivity index (χ1v) is 7.16.